The first-order valence-electron chi connectivity index (χ1n) is 7.34. The van der Waals surface area contributed by atoms with E-state index in [4.69, 9.17) is 14.0 Å². The number of likely N-dealkylation sites (tertiary alicyclic amines) is 1. The van der Waals surface area contributed by atoms with Crippen molar-refractivity contribution in [2.24, 2.45) is 0 Å². The van der Waals surface area contributed by atoms with Crippen LogP contribution in [-0.2, 0) is 19.6 Å². The molecule has 120 valence electrons. The Balaban J connectivity index is 2.24. The van der Waals surface area contributed by atoms with Crippen LogP contribution < -0.4 is 0 Å². The van der Waals surface area contributed by atoms with Crippen LogP contribution in [0.3, 0.4) is 0 Å². The second-order valence-corrected chi connectivity index (χ2v) is 7.11. The average Bonchev–Trinajstić information content (AvgIpc) is 2.83. The van der Waals surface area contributed by atoms with E-state index in [1.54, 1.807) is 7.11 Å². The van der Waals surface area contributed by atoms with Crippen LogP contribution in [0.4, 0.5) is 0 Å². The lowest BCUT2D eigenvalue weighted by Crippen LogP contribution is -2.48. The highest BCUT2D eigenvalue weighted by Crippen LogP contribution is 2.20. The normalized spacial score (nSPS) is 18.5. The van der Waals surface area contributed by atoms with Crippen LogP contribution in [0.2, 0.25) is 0 Å². The van der Waals surface area contributed by atoms with Gasteiger partial charge in [0.2, 0.25) is 0 Å². The van der Waals surface area contributed by atoms with Gasteiger partial charge in [-0.2, -0.15) is 8.42 Å². The minimum atomic E-state index is -3.81. The van der Waals surface area contributed by atoms with Gasteiger partial charge in [-0.25, -0.2) is 0 Å². The van der Waals surface area contributed by atoms with Gasteiger partial charge in [0.25, 0.3) is 10.1 Å². The van der Waals surface area contributed by atoms with Gasteiger partial charge >= 0.3 is 0 Å². The molecule has 0 bridgehead atoms. The zero-order valence-electron chi connectivity index (χ0n) is 12.4. The minimum absolute atomic E-state index is 0.128. The molecule has 0 saturated carbocycles. The van der Waals surface area contributed by atoms with Crippen molar-refractivity contribution in [1.29, 1.82) is 0 Å². The predicted molar refractivity (Wildman–Crippen MR) is 77.3 cm³/mol. The number of hydrogen-bond donors (Lipinski definition) is 1. The molecule has 1 heterocycles. The molecular formula is C13H28NO5S+. The second kappa shape index (κ2) is 8.94. The highest BCUT2D eigenvalue weighted by Gasteiger charge is 2.31. The van der Waals surface area contributed by atoms with E-state index >= 15 is 0 Å². The van der Waals surface area contributed by atoms with Crippen molar-refractivity contribution >= 4 is 10.1 Å². The second-order valence-electron chi connectivity index (χ2n) is 5.54. The lowest BCUT2D eigenvalue weighted by Gasteiger charge is -2.34. The van der Waals surface area contributed by atoms with Gasteiger partial charge in [-0.1, -0.05) is 0 Å². The SMILES string of the molecule is COCCOCC[N+]1(CCCCS(=O)(=O)O)CCCC1. The zero-order valence-corrected chi connectivity index (χ0v) is 13.2. The molecule has 0 aromatic heterocycles. The molecule has 0 atom stereocenters. The average molecular weight is 310 g/mol. The molecule has 0 aliphatic carbocycles. The summed E-state index contributed by atoms with van der Waals surface area (Å²) in [6.07, 6.45) is 3.83. The standard InChI is InChI=1S/C13H27NO5S/c1-18-11-12-19-10-9-14(6-2-3-7-14)8-4-5-13-20(15,16)17/h2-13H2,1H3/p+1. The lowest BCUT2D eigenvalue weighted by molar-refractivity contribution is -0.917. The molecule has 0 amide bonds. The van der Waals surface area contributed by atoms with Crippen LogP contribution >= 0.6 is 0 Å². The van der Waals surface area contributed by atoms with Crippen LogP contribution in [0, 0.1) is 0 Å². The molecular weight excluding hydrogens is 282 g/mol. The summed E-state index contributed by atoms with van der Waals surface area (Å²) < 4.78 is 41.6. The van der Waals surface area contributed by atoms with E-state index in [2.05, 4.69) is 0 Å². The topological polar surface area (TPSA) is 72.8 Å². The molecule has 1 saturated heterocycles. The third-order valence-electron chi connectivity index (χ3n) is 3.94. The van der Waals surface area contributed by atoms with Gasteiger partial charge in [-0.15, -0.1) is 0 Å². The summed E-state index contributed by atoms with van der Waals surface area (Å²) in [7, 11) is -2.15. The predicted octanol–water partition coefficient (Wildman–Crippen LogP) is 0.928. The summed E-state index contributed by atoms with van der Waals surface area (Å²) in [5.41, 5.74) is 0. The maximum absolute atomic E-state index is 10.7. The maximum Gasteiger partial charge on any atom is 0.264 e. The molecule has 7 heteroatoms. The summed E-state index contributed by atoms with van der Waals surface area (Å²) in [5, 5.41) is 0. The van der Waals surface area contributed by atoms with E-state index in [9.17, 15) is 8.42 Å². The quantitative estimate of drug-likeness (QED) is 0.349. The third-order valence-corrected chi connectivity index (χ3v) is 4.75. The fourth-order valence-electron chi connectivity index (χ4n) is 2.80. The summed E-state index contributed by atoms with van der Waals surface area (Å²) in [6, 6.07) is 0. The molecule has 0 unspecified atom stereocenters. The Morgan fingerprint density at radius 1 is 1.05 bits per heavy atom. The number of quaternary nitrogens is 1. The summed E-state index contributed by atoms with van der Waals surface area (Å²) in [5.74, 6) is -0.128. The van der Waals surface area contributed by atoms with Gasteiger partial charge in [-0.05, 0) is 12.8 Å². The number of ether oxygens (including phenoxy) is 2. The summed E-state index contributed by atoms with van der Waals surface area (Å²) in [6.45, 7) is 6.23. The smallest absolute Gasteiger partial charge is 0.264 e. The van der Waals surface area contributed by atoms with E-state index in [0.717, 1.165) is 43.7 Å². The first kappa shape index (κ1) is 17.8. The zero-order chi connectivity index (χ0) is 14.9. The highest BCUT2D eigenvalue weighted by atomic mass is 32.2. The van der Waals surface area contributed by atoms with Gasteiger partial charge < -0.3 is 14.0 Å². The van der Waals surface area contributed by atoms with Gasteiger partial charge in [0, 0.05) is 20.0 Å². The molecule has 0 radical (unpaired) electrons. The Kier molecular flexibility index (Phi) is 7.98. The Hall–Kier alpha value is -0.210. The summed E-state index contributed by atoms with van der Waals surface area (Å²) >= 11 is 0. The number of unbranched alkanes of at least 4 members (excludes halogenated alkanes) is 1. The maximum atomic E-state index is 10.7. The molecule has 0 aromatic rings. The molecule has 1 aliphatic heterocycles. The van der Waals surface area contributed by atoms with Crippen LogP contribution in [-0.4, -0.2) is 76.3 Å². The number of methoxy groups -OCH3 is 1. The van der Waals surface area contributed by atoms with Crippen molar-refractivity contribution < 1.29 is 26.9 Å². The van der Waals surface area contributed by atoms with E-state index < -0.39 is 10.1 Å². The molecule has 1 aliphatic rings. The van der Waals surface area contributed by atoms with Crippen LogP contribution in [0.5, 0.6) is 0 Å². The van der Waals surface area contributed by atoms with Crippen LogP contribution in [0.15, 0.2) is 0 Å². The van der Waals surface area contributed by atoms with Gasteiger partial charge in [0.1, 0.15) is 6.54 Å². The van der Waals surface area contributed by atoms with Gasteiger partial charge in [-0.3, -0.25) is 4.55 Å². The fraction of sp³-hybridized carbons (Fsp3) is 1.00. The molecule has 0 aromatic carbocycles. The lowest BCUT2D eigenvalue weighted by atomic mass is 10.2. The van der Waals surface area contributed by atoms with Gasteiger partial charge in [0.05, 0.1) is 45.2 Å². The Morgan fingerprint density at radius 2 is 1.75 bits per heavy atom. The van der Waals surface area contributed by atoms with Crippen molar-refractivity contribution in [3.63, 3.8) is 0 Å². The molecule has 1 N–H and O–H groups in total. The summed E-state index contributed by atoms with van der Waals surface area (Å²) in [4.78, 5) is 0. The molecule has 0 spiro atoms. The number of nitrogens with zero attached hydrogens (tertiary/aromatic N) is 1. The molecule has 1 rings (SSSR count). The highest BCUT2D eigenvalue weighted by molar-refractivity contribution is 7.85. The Bertz CT molecular complexity index is 352. The fourth-order valence-corrected chi connectivity index (χ4v) is 3.37. The largest absolute Gasteiger partial charge is 0.382 e. The van der Waals surface area contributed by atoms with Crippen molar-refractivity contribution in [2.45, 2.75) is 25.7 Å². The molecule has 6 nitrogen and oxygen atoms in total. The van der Waals surface area contributed by atoms with Crippen molar-refractivity contribution in [1.82, 2.24) is 0 Å². The minimum Gasteiger partial charge on any atom is -0.382 e. The van der Waals surface area contributed by atoms with Crippen molar-refractivity contribution in [3.8, 4) is 0 Å². The van der Waals surface area contributed by atoms with Crippen molar-refractivity contribution in [2.75, 3.05) is 58.9 Å². The number of rotatable bonds is 11. The number of hydrogen-bond acceptors (Lipinski definition) is 4. The van der Waals surface area contributed by atoms with E-state index in [1.807, 2.05) is 0 Å². The monoisotopic (exact) mass is 310 g/mol. The van der Waals surface area contributed by atoms with Crippen LogP contribution in [0.25, 0.3) is 0 Å². The van der Waals surface area contributed by atoms with E-state index in [1.165, 1.54) is 12.8 Å². The Labute approximate surface area is 122 Å². The van der Waals surface area contributed by atoms with Crippen molar-refractivity contribution in [3.05, 3.63) is 0 Å². The Morgan fingerprint density at radius 3 is 2.35 bits per heavy atom. The van der Waals surface area contributed by atoms with Gasteiger partial charge in [0.15, 0.2) is 0 Å². The van der Waals surface area contributed by atoms with E-state index in [0.29, 0.717) is 19.6 Å². The molecule has 20 heavy (non-hydrogen) atoms. The molecule has 1 fully saturated rings. The van der Waals surface area contributed by atoms with E-state index in [-0.39, 0.29) is 5.75 Å². The van der Waals surface area contributed by atoms with Crippen LogP contribution in [0.1, 0.15) is 25.7 Å². The third kappa shape index (κ3) is 7.54. The first-order chi connectivity index (χ1) is 9.47. The first-order valence-corrected chi connectivity index (χ1v) is 8.95.